The Kier molecular flexibility index (Phi) is 5.69. The first-order chi connectivity index (χ1) is 13.7. The number of benzene rings is 2. The predicted octanol–water partition coefficient (Wildman–Crippen LogP) is 4.52. The van der Waals surface area contributed by atoms with E-state index in [1.54, 1.807) is 19.1 Å². The summed E-state index contributed by atoms with van der Waals surface area (Å²) in [5, 5.41) is 15.7. The highest BCUT2D eigenvalue weighted by Gasteiger charge is 2.22. The van der Waals surface area contributed by atoms with Crippen LogP contribution in [0.15, 0.2) is 58.0 Å². The van der Waals surface area contributed by atoms with Crippen LogP contribution in [-0.4, -0.2) is 19.1 Å². The highest BCUT2D eigenvalue weighted by molar-refractivity contribution is 7.92. The standard InChI is InChI=1S/C20H22N4O4S/c1-13-5-8-18(15(3)10-13)23-29(27,28)17-7-9-19(20(12-17)24(25)26)22-21-16-6-4-14(2)11-16/h5,7-12,22-23H,4,6H2,1-3H3. The Balaban J connectivity index is 1.89. The summed E-state index contributed by atoms with van der Waals surface area (Å²) in [4.78, 5) is 10.7. The molecule has 29 heavy (non-hydrogen) atoms. The molecule has 2 aromatic rings. The van der Waals surface area contributed by atoms with Gasteiger partial charge in [-0.2, -0.15) is 5.10 Å². The number of hydrazone groups is 1. The number of nitro benzene ring substituents is 1. The number of nitrogens with one attached hydrogen (secondary N) is 2. The molecule has 1 aliphatic rings. The smallest absolute Gasteiger partial charge is 0.279 e. The molecule has 1 aliphatic carbocycles. The number of sulfonamides is 1. The second-order valence-corrected chi connectivity index (χ2v) is 8.75. The molecule has 0 saturated carbocycles. The summed E-state index contributed by atoms with van der Waals surface area (Å²) < 4.78 is 28.0. The van der Waals surface area contributed by atoms with E-state index in [9.17, 15) is 18.5 Å². The number of nitrogens with zero attached hydrogens (tertiary/aromatic N) is 2. The second-order valence-electron chi connectivity index (χ2n) is 7.07. The average Bonchev–Trinajstić information content (AvgIpc) is 3.07. The first-order valence-corrected chi connectivity index (χ1v) is 10.5. The molecule has 0 aromatic heterocycles. The Morgan fingerprint density at radius 1 is 1.03 bits per heavy atom. The van der Waals surface area contributed by atoms with E-state index in [0.29, 0.717) is 5.69 Å². The van der Waals surface area contributed by atoms with E-state index in [4.69, 9.17) is 0 Å². The monoisotopic (exact) mass is 414 g/mol. The van der Waals surface area contributed by atoms with Gasteiger partial charge in [0, 0.05) is 6.07 Å². The zero-order chi connectivity index (χ0) is 21.2. The molecule has 2 N–H and O–H groups in total. The topological polar surface area (TPSA) is 114 Å². The van der Waals surface area contributed by atoms with Crippen LogP contribution in [0.5, 0.6) is 0 Å². The summed E-state index contributed by atoms with van der Waals surface area (Å²) >= 11 is 0. The van der Waals surface area contributed by atoms with Crippen LogP contribution in [0, 0.1) is 24.0 Å². The Hall–Kier alpha value is -3.20. The minimum Gasteiger partial charge on any atom is -0.279 e. The summed E-state index contributed by atoms with van der Waals surface area (Å²) in [5.74, 6) is 0. The molecule has 0 radical (unpaired) electrons. The van der Waals surface area contributed by atoms with Gasteiger partial charge in [0.15, 0.2) is 0 Å². The summed E-state index contributed by atoms with van der Waals surface area (Å²) in [7, 11) is -3.99. The predicted molar refractivity (Wildman–Crippen MR) is 114 cm³/mol. The molecule has 0 saturated heterocycles. The van der Waals surface area contributed by atoms with Gasteiger partial charge < -0.3 is 0 Å². The summed E-state index contributed by atoms with van der Waals surface area (Å²) in [6, 6.07) is 9.01. The van der Waals surface area contributed by atoms with Crippen molar-refractivity contribution in [3.63, 3.8) is 0 Å². The number of hydrogen-bond acceptors (Lipinski definition) is 6. The first-order valence-electron chi connectivity index (χ1n) is 9.04. The maximum absolute atomic E-state index is 12.7. The van der Waals surface area contributed by atoms with E-state index in [-0.39, 0.29) is 16.3 Å². The lowest BCUT2D eigenvalue weighted by molar-refractivity contribution is -0.384. The molecule has 2 aromatic carbocycles. The summed E-state index contributed by atoms with van der Waals surface area (Å²) in [6.07, 6.45) is 3.59. The quantitative estimate of drug-likeness (QED) is 0.533. The van der Waals surface area contributed by atoms with Crippen molar-refractivity contribution < 1.29 is 13.3 Å². The van der Waals surface area contributed by atoms with Gasteiger partial charge in [0.1, 0.15) is 5.69 Å². The fourth-order valence-electron chi connectivity index (χ4n) is 3.03. The maximum Gasteiger partial charge on any atom is 0.295 e. The van der Waals surface area contributed by atoms with Crippen molar-refractivity contribution in [2.75, 3.05) is 10.1 Å². The number of aryl methyl sites for hydroxylation is 2. The van der Waals surface area contributed by atoms with Crippen LogP contribution >= 0.6 is 0 Å². The highest BCUT2D eigenvalue weighted by Crippen LogP contribution is 2.29. The van der Waals surface area contributed by atoms with Gasteiger partial charge in [0.2, 0.25) is 0 Å². The largest absolute Gasteiger partial charge is 0.295 e. The maximum atomic E-state index is 12.7. The molecule has 0 aliphatic heterocycles. The molecule has 0 bridgehead atoms. The normalized spacial score (nSPS) is 15.3. The van der Waals surface area contributed by atoms with Crippen LogP contribution in [0.4, 0.5) is 17.1 Å². The lowest BCUT2D eigenvalue weighted by atomic mass is 10.1. The van der Waals surface area contributed by atoms with Gasteiger partial charge in [-0.25, -0.2) is 8.42 Å². The van der Waals surface area contributed by atoms with E-state index in [1.165, 1.54) is 17.7 Å². The minimum atomic E-state index is -3.99. The van der Waals surface area contributed by atoms with Crippen molar-refractivity contribution >= 4 is 32.8 Å². The van der Waals surface area contributed by atoms with Crippen LogP contribution < -0.4 is 10.1 Å². The van der Waals surface area contributed by atoms with Crippen molar-refractivity contribution in [3.05, 3.63) is 69.3 Å². The Morgan fingerprint density at radius 2 is 1.76 bits per heavy atom. The summed E-state index contributed by atoms with van der Waals surface area (Å²) in [6.45, 7) is 5.69. The van der Waals surface area contributed by atoms with Gasteiger partial charge in [0.05, 0.1) is 21.2 Å². The van der Waals surface area contributed by atoms with Gasteiger partial charge in [0.25, 0.3) is 15.7 Å². The minimum absolute atomic E-state index is 0.130. The van der Waals surface area contributed by atoms with Crippen LogP contribution in [-0.2, 0) is 10.0 Å². The van der Waals surface area contributed by atoms with Crippen LogP contribution in [0.1, 0.15) is 30.9 Å². The lowest BCUT2D eigenvalue weighted by Crippen LogP contribution is -2.14. The first kappa shape index (κ1) is 20.5. The van der Waals surface area contributed by atoms with Crippen molar-refractivity contribution in [2.24, 2.45) is 5.10 Å². The SMILES string of the molecule is CC1=CC(=NNc2ccc(S(=O)(=O)Nc3ccc(C)cc3C)cc2[N+](=O)[O-])CC1. The molecule has 0 fully saturated rings. The molecule has 0 heterocycles. The zero-order valence-electron chi connectivity index (χ0n) is 16.4. The Labute approximate surface area is 169 Å². The molecule has 152 valence electrons. The van der Waals surface area contributed by atoms with E-state index in [2.05, 4.69) is 15.2 Å². The van der Waals surface area contributed by atoms with E-state index >= 15 is 0 Å². The molecular formula is C20H22N4O4S. The second kappa shape index (κ2) is 8.04. The lowest BCUT2D eigenvalue weighted by Gasteiger charge is -2.12. The van der Waals surface area contributed by atoms with E-state index in [1.807, 2.05) is 26.0 Å². The van der Waals surface area contributed by atoms with Crippen molar-refractivity contribution in [1.82, 2.24) is 0 Å². The van der Waals surface area contributed by atoms with E-state index < -0.39 is 14.9 Å². The van der Waals surface area contributed by atoms with Crippen molar-refractivity contribution in [2.45, 2.75) is 38.5 Å². The number of rotatable bonds is 6. The third kappa shape index (κ3) is 4.80. The van der Waals surface area contributed by atoms with Gasteiger partial charge in [-0.1, -0.05) is 23.3 Å². The van der Waals surface area contributed by atoms with E-state index in [0.717, 1.165) is 35.7 Å². The highest BCUT2D eigenvalue weighted by atomic mass is 32.2. The van der Waals surface area contributed by atoms with Crippen LogP contribution in [0.2, 0.25) is 0 Å². The average molecular weight is 414 g/mol. The zero-order valence-corrected chi connectivity index (χ0v) is 17.2. The van der Waals surface area contributed by atoms with Gasteiger partial charge in [-0.05, 0) is 63.5 Å². The Morgan fingerprint density at radius 3 is 2.38 bits per heavy atom. The number of anilines is 2. The third-order valence-electron chi connectivity index (χ3n) is 4.61. The summed E-state index contributed by atoms with van der Waals surface area (Å²) in [5.41, 5.74) is 6.64. The number of allylic oxidation sites excluding steroid dienone is 2. The molecule has 3 rings (SSSR count). The van der Waals surface area contributed by atoms with Crippen LogP contribution in [0.3, 0.4) is 0 Å². The van der Waals surface area contributed by atoms with Gasteiger partial charge in [-0.3, -0.25) is 20.3 Å². The number of hydrogen-bond donors (Lipinski definition) is 2. The molecule has 0 atom stereocenters. The molecule has 8 nitrogen and oxygen atoms in total. The number of nitro groups is 1. The fraction of sp³-hybridized carbons (Fsp3) is 0.250. The molecular weight excluding hydrogens is 392 g/mol. The molecule has 9 heteroatoms. The fourth-order valence-corrected chi connectivity index (χ4v) is 4.18. The Bertz CT molecular complexity index is 1140. The molecule has 0 spiro atoms. The van der Waals surface area contributed by atoms with Crippen molar-refractivity contribution in [3.8, 4) is 0 Å². The third-order valence-corrected chi connectivity index (χ3v) is 5.97. The van der Waals surface area contributed by atoms with Gasteiger partial charge >= 0.3 is 0 Å². The van der Waals surface area contributed by atoms with Crippen LogP contribution in [0.25, 0.3) is 0 Å². The molecule has 0 unspecified atom stereocenters. The van der Waals surface area contributed by atoms with Gasteiger partial charge in [-0.15, -0.1) is 0 Å². The van der Waals surface area contributed by atoms with Crippen molar-refractivity contribution in [1.29, 1.82) is 0 Å². The molecule has 0 amide bonds.